The Labute approximate surface area is 48.6 Å². The number of hydrogen-bond donors (Lipinski definition) is 0. The molecule has 0 aliphatic heterocycles. The molecule has 0 saturated carbocycles. The molecular weight excluding hydrogens is 104 g/mol. The maximum atomic E-state index is 4.13. The van der Waals surface area contributed by atoms with Crippen LogP contribution in [0.1, 0.15) is 0 Å². The number of rotatable bonds is 0. The van der Waals surface area contributed by atoms with Gasteiger partial charge in [0.25, 0.3) is 0 Å². The maximum Gasteiger partial charge on any atom is 0.177 e. The molecule has 0 aromatic carbocycles. The summed E-state index contributed by atoms with van der Waals surface area (Å²) in [5.41, 5.74) is 1.13. The molecule has 0 unspecified atom stereocenters. The van der Waals surface area contributed by atoms with E-state index in [-0.39, 0.29) is 0 Å². The van der Waals surface area contributed by atoms with E-state index in [1.807, 2.05) is 15.7 Å². The van der Waals surface area contributed by atoms with Crippen molar-refractivity contribution in [3.8, 4) is 0 Å². The summed E-state index contributed by atoms with van der Waals surface area (Å²) in [4.78, 5) is 5.28. The van der Waals surface area contributed by atoms with Crippen LogP contribution in [0.15, 0.2) is 5.38 Å². The lowest BCUT2D eigenvalue weighted by Gasteiger charge is -1.71. The van der Waals surface area contributed by atoms with Gasteiger partial charge in [0.1, 0.15) is 0 Å². The minimum atomic E-state index is 1.13. The summed E-state index contributed by atoms with van der Waals surface area (Å²) in [6.45, 7) is 0. The second-order valence-corrected chi connectivity index (χ2v) is 2.57. The first-order valence-electron chi connectivity index (χ1n) is 2.18. The van der Waals surface area contributed by atoms with Crippen LogP contribution in [0.4, 0.5) is 0 Å². The second kappa shape index (κ2) is 1.70. The van der Waals surface area contributed by atoms with Crippen molar-refractivity contribution in [3.05, 3.63) is 5.38 Å². The van der Waals surface area contributed by atoms with Gasteiger partial charge in [-0.1, -0.05) is 0 Å². The predicted molar refractivity (Wildman–Crippen MR) is 38.5 cm³/mol. The summed E-state index contributed by atoms with van der Waals surface area (Å²) < 4.78 is 0. The van der Waals surface area contributed by atoms with Gasteiger partial charge in [0.2, 0.25) is 0 Å². The topological polar surface area (TPSA) is 12.9 Å². The number of aromatic nitrogens is 1. The van der Waals surface area contributed by atoms with Crippen LogP contribution < -0.4 is 10.5 Å². The highest BCUT2D eigenvalue weighted by molar-refractivity contribution is 7.18. The quantitative estimate of drug-likeness (QED) is 0.340. The Morgan fingerprint density at radius 2 is 2.29 bits per heavy atom. The van der Waals surface area contributed by atoms with Gasteiger partial charge in [-0.25, -0.2) is 0 Å². The molecule has 0 saturated heterocycles. The summed E-state index contributed by atoms with van der Waals surface area (Å²) >= 11 is 1.69. The summed E-state index contributed by atoms with van der Waals surface area (Å²) in [7, 11) is 4.02. The van der Waals surface area contributed by atoms with Gasteiger partial charge in [-0.15, -0.1) is 11.3 Å². The van der Waals surface area contributed by atoms with Crippen LogP contribution in [0, 0.1) is 0 Å². The lowest BCUT2D eigenvalue weighted by molar-refractivity contribution is 1.55. The van der Waals surface area contributed by atoms with Crippen LogP contribution in [0.3, 0.4) is 0 Å². The number of thiazole rings is 1. The fourth-order valence-corrected chi connectivity index (χ4v) is 1.06. The number of nitrogens with zero attached hydrogens (tertiary/aromatic N) is 1. The molecule has 0 aliphatic carbocycles. The lowest BCUT2D eigenvalue weighted by atomic mass is 10.1. The molecule has 0 aliphatic rings. The van der Waals surface area contributed by atoms with Crippen molar-refractivity contribution in [1.82, 2.24) is 4.98 Å². The first-order valence-corrected chi connectivity index (χ1v) is 3.06. The van der Waals surface area contributed by atoms with Crippen LogP contribution in [0.25, 0.3) is 0 Å². The standard InChI is InChI=1S/C3H5B2NS/c4-2-1-7-3(5)6-2/h1H,4-5H2. The zero-order valence-corrected chi connectivity index (χ0v) is 5.25. The van der Waals surface area contributed by atoms with Gasteiger partial charge in [-0.3, -0.25) is 4.98 Å². The van der Waals surface area contributed by atoms with Gasteiger partial charge in [0.15, 0.2) is 15.7 Å². The van der Waals surface area contributed by atoms with Crippen molar-refractivity contribution < 1.29 is 0 Å². The molecule has 34 valence electrons. The van der Waals surface area contributed by atoms with Gasteiger partial charge < -0.3 is 0 Å². The Morgan fingerprint density at radius 3 is 2.43 bits per heavy atom. The average Bonchev–Trinajstić information content (AvgIpc) is 1.87. The molecule has 0 radical (unpaired) electrons. The molecule has 0 fully saturated rings. The molecule has 0 amide bonds. The summed E-state index contributed by atoms with van der Waals surface area (Å²) in [5, 5.41) is 2.05. The summed E-state index contributed by atoms with van der Waals surface area (Å²) in [6.07, 6.45) is 0. The summed E-state index contributed by atoms with van der Waals surface area (Å²) in [6, 6.07) is 0. The molecule has 7 heavy (non-hydrogen) atoms. The third-order valence-electron chi connectivity index (χ3n) is 0.734. The second-order valence-electron chi connectivity index (χ2n) is 1.51. The molecule has 4 heteroatoms. The Kier molecular flexibility index (Phi) is 1.19. The van der Waals surface area contributed by atoms with E-state index in [0.29, 0.717) is 0 Å². The third kappa shape index (κ3) is 1.06. The van der Waals surface area contributed by atoms with Crippen molar-refractivity contribution >= 4 is 37.5 Å². The molecule has 1 nitrogen and oxygen atoms in total. The van der Waals surface area contributed by atoms with Crippen molar-refractivity contribution in [2.24, 2.45) is 0 Å². The molecule has 0 spiro atoms. The first-order chi connectivity index (χ1) is 3.29. The van der Waals surface area contributed by atoms with Crippen molar-refractivity contribution in [1.29, 1.82) is 0 Å². The highest BCUT2D eigenvalue weighted by atomic mass is 32.1. The van der Waals surface area contributed by atoms with Crippen LogP contribution in [-0.4, -0.2) is 20.7 Å². The third-order valence-corrected chi connectivity index (χ3v) is 1.63. The Bertz CT molecular complexity index is 145. The minimum absolute atomic E-state index is 1.13. The Hall–Kier alpha value is -0.240. The predicted octanol–water partition coefficient (Wildman–Crippen LogP) is -2.34. The molecular formula is C3H5B2NS. The van der Waals surface area contributed by atoms with Crippen molar-refractivity contribution in [2.75, 3.05) is 0 Å². The van der Waals surface area contributed by atoms with Crippen LogP contribution in [-0.2, 0) is 0 Å². The lowest BCUT2D eigenvalue weighted by Crippen LogP contribution is -2.09. The molecule has 1 aromatic heterocycles. The molecule has 1 heterocycles. The maximum absolute atomic E-state index is 4.13. The van der Waals surface area contributed by atoms with E-state index in [4.69, 9.17) is 0 Å². The zero-order chi connectivity index (χ0) is 5.28. The van der Waals surface area contributed by atoms with Crippen molar-refractivity contribution in [2.45, 2.75) is 0 Å². The Balaban J connectivity index is 3.04. The Morgan fingerprint density at radius 1 is 1.57 bits per heavy atom. The highest BCUT2D eigenvalue weighted by Gasteiger charge is 1.86. The van der Waals surface area contributed by atoms with Crippen LogP contribution >= 0.6 is 11.3 Å². The SMILES string of the molecule is Bc1csc(B)n1. The zero-order valence-electron chi connectivity index (χ0n) is 4.43. The van der Waals surface area contributed by atoms with E-state index in [0.717, 1.165) is 10.5 Å². The number of hydrogen-bond acceptors (Lipinski definition) is 2. The van der Waals surface area contributed by atoms with E-state index in [9.17, 15) is 0 Å². The van der Waals surface area contributed by atoms with E-state index >= 15 is 0 Å². The normalized spacial score (nSPS) is 9.14. The van der Waals surface area contributed by atoms with E-state index in [1.54, 1.807) is 11.3 Å². The fourth-order valence-electron chi connectivity index (χ4n) is 0.472. The average molecular weight is 109 g/mol. The molecule has 1 rings (SSSR count). The molecule has 1 aromatic rings. The first kappa shape index (κ1) is 4.91. The van der Waals surface area contributed by atoms with Crippen LogP contribution in [0.2, 0.25) is 0 Å². The van der Waals surface area contributed by atoms with Gasteiger partial charge in [-0.05, 0) is 0 Å². The summed E-state index contributed by atoms with van der Waals surface area (Å²) in [5.74, 6) is 0. The fraction of sp³-hybridized carbons (Fsp3) is 0. The largest absolute Gasteiger partial charge is 0.268 e. The van der Waals surface area contributed by atoms with Gasteiger partial charge in [-0.2, -0.15) is 0 Å². The highest BCUT2D eigenvalue weighted by Crippen LogP contribution is 1.78. The molecule has 0 N–H and O–H groups in total. The van der Waals surface area contributed by atoms with E-state index < -0.39 is 0 Å². The van der Waals surface area contributed by atoms with E-state index in [1.165, 1.54) is 0 Å². The van der Waals surface area contributed by atoms with Gasteiger partial charge >= 0.3 is 0 Å². The van der Waals surface area contributed by atoms with E-state index in [2.05, 4.69) is 10.4 Å². The van der Waals surface area contributed by atoms with Crippen molar-refractivity contribution in [3.63, 3.8) is 0 Å². The monoisotopic (exact) mass is 109 g/mol. The van der Waals surface area contributed by atoms with Gasteiger partial charge in [0, 0.05) is 15.9 Å². The van der Waals surface area contributed by atoms with Crippen LogP contribution in [0.5, 0.6) is 0 Å². The molecule has 0 bridgehead atoms. The van der Waals surface area contributed by atoms with Gasteiger partial charge in [0.05, 0.1) is 0 Å². The minimum Gasteiger partial charge on any atom is -0.268 e. The molecule has 0 atom stereocenters. The smallest absolute Gasteiger partial charge is 0.177 e.